The summed E-state index contributed by atoms with van der Waals surface area (Å²) in [5, 5.41) is 6.08. The normalized spacial score (nSPS) is 18.8. The summed E-state index contributed by atoms with van der Waals surface area (Å²) < 4.78 is 18.2. The number of aromatic nitrogens is 1. The molecule has 1 aromatic carbocycles. The van der Waals surface area contributed by atoms with Crippen LogP contribution in [-0.2, 0) is 16.1 Å². The molecule has 9 nitrogen and oxygen atoms in total. The van der Waals surface area contributed by atoms with Crippen LogP contribution in [0.2, 0.25) is 0 Å². The third kappa shape index (κ3) is 4.68. The van der Waals surface area contributed by atoms with Gasteiger partial charge in [0.15, 0.2) is 11.5 Å². The number of ether oxygens (including phenoxy) is 3. The zero-order chi connectivity index (χ0) is 23.5. The summed E-state index contributed by atoms with van der Waals surface area (Å²) in [6.07, 6.45) is 4.14. The highest BCUT2D eigenvalue weighted by Gasteiger charge is 2.29. The van der Waals surface area contributed by atoms with Crippen molar-refractivity contribution in [2.75, 3.05) is 19.9 Å². The van der Waals surface area contributed by atoms with Gasteiger partial charge in [0.2, 0.25) is 18.1 Å². The number of rotatable bonds is 8. The van der Waals surface area contributed by atoms with Crippen LogP contribution in [0.1, 0.15) is 50.4 Å². The minimum absolute atomic E-state index is 0.00686. The van der Waals surface area contributed by atoms with Gasteiger partial charge < -0.3 is 29.4 Å². The number of fused-ring (bicyclic) bond motifs is 2. The maximum Gasteiger partial charge on any atom is 0.257 e. The van der Waals surface area contributed by atoms with Crippen LogP contribution < -0.4 is 25.5 Å². The summed E-state index contributed by atoms with van der Waals surface area (Å²) in [7, 11) is 0. The van der Waals surface area contributed by atoms with Crippen molar-refractivity contribution in [3.63, 3.8) is 0 Å². The van der Waals surface area contributed by atoms with Gasteiger partial charge in [0.1, 0.15) is 11.6 Å². The zero-order valence-corrected chi connectivity index (χ0v) is 19.3. The van der Waals surface area contributed by atoms with Crippen molar-refractivity contribution in [3.05, 3.63) is 34.1 Å². The van der Waals surface area contributed by atoms with Gasteiger partial charge in [-0.1, -0.05) is 20.3 Å². The second-order valence-electron chi connectivity index (χ2n) is 8.60. The van der Waals surface area contributed by atoms with Crippen LogP contribution in [-0.4, -0.2) is 48.5 Å². The molecule has 3 atom stereocenters. The fourth-order valence-electron chi connectivity index (χ4n) is 4.25. The Labute approximate surface area is 192 Å². The summed E-state index contributed by atoms with van der Waals surface area (Å²) in [6, 6.07) is 2.61. The Hall–Kier alpha value is -3.07. The van der Waals surface area contributed by atoms with Crippen LogP contribution in [0.4, 0.5) is 0 Å². The average Bonchev–Trinajstić information content (AvgIpc) is 3.51. The lowest BCUT2D eigenvalue weighted by Crippen LogP contribution is -2.52. The number of aryl methyl sites for hydroxylation is 1. The largest absolute Gasteiger partial charge is 0.454 e. The first kappa shape index (κ1) is 23.1. The molecular formula is C24H31N3O6. The lowest BCUT2D eigenvalue weighted by atomic mass is 9.97. The Morgan fingerprint density at radius 2 is 1.97 bits per heavy atom. The molecule has 2 amide bonds. The van der Waals surface area contributed by atoms with Gasteiger partial charge in [-0.2, -0.15) is 0 Å². The molecule has 3 heterocycles. The first-order valence-electron chi connectivity index (χ1n) is 11.6. The standard InChI is InChI=1S/C24H31N3O6/c1-4-14(3)21(24(30)25-11-15-7-6-8-31-15)26-23(29)17-12-27(5-2)18-10-20-19(32-13-33-20)9-16(18)22(17)28/h9-10,12,14-15,21H,4-8,11,13H2,1-3H3,(H,25,30)(H,26,29)/t14-,15+,21+/m1/s1. The lowest BCUT2D eigenvalue weighted by molar-refractivity contribution is -0.124. The molecular weight excluding hydrogens is 426 g/mol. The lowest BCUT2D eigenvalue weighted by Gasteiger charge is -2.24. The van der Waals surface area contributed by atoms with Crippen LogP contribution >= 0.6 is 0 Å². The number of nitrogens with zero attached hydrogens (tertiary/aromatic N) is 1. The predicted octanol–water partition coefficient (Wildman–Crippen LogP) is 2.19. The number of carbonyl (C=O) groups excluding carboxylic acids is 2. The number of nitrogens with one attached hydrogen (secondary N) is 2. The number of amides is 2. The van der Waals surface area contributed by atoms with Crippen LogP contribution in [0.3, 0.4) is 0 Å². The molecule has 0 aliphatic carbocycles. The Bertz CT molecular complexity index is 1110. The molecule has 1 fully saturated rings. The van der Waals surface area contributed by atoms with E-state index in [1.165, 1.54) is 0 Å². The molecule has 9 heteroatoms. The topological polar surface area (TPSA) is 108 Å². The van der Waals surface area contributed by atoms with Gasteiger partial charge in [-0.3, -0.25) is 14.4 Å². The van der Waals surface area contributed by atoms with Crippen LogP contribution in [0.5, 0.6) is 11.5 Å². The van der Waals surface area contributed by atoms with E-state index in [2.05, 4.69) is 10.6 Å². The van der Waals surface area contributed by atoms with Crippen molar-refractivity contribution in [3.8, 4) is 11.5 Å². The maximum absolute atomic E-state index is 13.2. The van der Waals surface area contributed by atoms with Gasteiger partial charge in [0, 0.05) is 32.0 Å². The zero-order valence-electron chi connectivity index (χ0n) is 19.3. The van der Waals surface area contributed by atoms with Gasteiger partial charge >= 0.3 is 0 Å². The van der Waals surface area contributed by atoms with Crippen LogP contribution in [0.15, 0.2) is 23.1 Å². The molecule has 0 bridgehead atoms. The molecule has 1 aromatic heterocycles. The first-order valence-corrected chi connectivity index (χ1v) is 11.6. The van der Waals surface area contributed by atoms with E-state index in [0.29, 0.717) is 48.5 Å². The molecule has 1 saturated heterocycles. The second-order valence-corrected chi connectivity index (χ2v) is 8.60. The van der Waals surface area contributed by atoms with Crippen molar-refractivity contribution >= 4 is 22.7 Å². The molecule has 2 aromatic rings. The number of pyridine rings is 1. The molecule has 2 N–H and O–H groups in total. The fourth-order valence-corrected chi connectivity index (χ4v) is 4.25. The smallest absolute Gasteiger partial charge is 0.257 e. The third-order valence-electron chi connectivity index (χ3n) is 6.47. The highest BCUT2D eigenvalue weighted by molar-refractivity contribution is 6.00. The third-order valence-corrected chi connectivity index (χ3v) is 6.47. The van der Waals surface area contributed by atoms with Gasteiger partial charge in [0.05, 0.1) is 17.0 Å². The summed E-state index contributed by atoms with van der Waals surface area (Å²) >= 11 is 0. The van der Waals surface area contributed by atoms with E-state index in [1.807, 2.05) is 25.3 Å². The van der Waals surface area contributed by atoms with Gasteiger partial charge in [-0.05, 0) is 31.7 Å². The first-order chi connectivity index (χ1) is 15.9. The number of hydrogen-bond donors (Lipinski definition) is 2. The van der Waals surface area contributed by atoms with E-state index in [4.69, 9.17) is 14.2 Å². The Kier molecular flexibility index (Phi) is 6.88. The second kappa shape index (κ2) is 9.82. The van der Waals surface area contributed by atoms with E-state index in [9.17, 15) is 14.4 Å². The summed E-state index contributed by atoms with van der Waals surface area (Å²) in [5.41, 5.74) is 0.243. The molecule has 33 heavy (non-hydrogen) atoms. The van der Waals surface area contributed by atoms with E-state index >= 15 is 0 Å². The summed E-state index contributed by atoms with van der Waals surface area (Å²) in [6.45, 7) is 7.55. The van der Waals surface area contributed by atoms with E-state index in [-0.39, 0.29) is 30.3 Å². The minimum Gasteiger partial charge on any atom is -0.454 e. The fraction of sp³-hybridized carbons (Fsp3) is 0.542. The summed E-state index contributed by atoms with van der Waals surface area (Å²) in [4.78, 5) is 39.4. The molecule has 0 spiro atoms. The minimum atomic E-state index is -0.758. The predicted molar refractivity (Wildman–Crippen MR) is 123 cm³/mol. The number of benzene rings is 1. The van der Waals surface area contributed by atoms with E-state index in [1.54, 1.807) is 18.3 Å². The van der Waals surface area contributed by atoms with E-state index in [0.717, 1.165) is 12.8 Å². The highest BCUT2D eigenvalue weighted by atomic mass is 16.7. The maximum atomic E-state index is 13.2. The molecule has 0 unspecified atom stereocenters. The van der Waals surface area contributed by atoms with Crippen molar-refractivity contribution in [1.82, 2.24) is 15.2 Å². The Morgan fingerprint density at radius 1 is 1.21 bits per heavy atom. The van der Waals surface area contributed by atoms with Crippen molar-refractivity contribution < 1.29 is 23.8 Å². The Morgan fingerprint density at radius 3 is 2.64 bits per heavy atom. The highest BCUT2D eigenvalue weighted by Crippen LogP contribution is 2.35. The monoisotopic (exact) mass is 457 g/mol. The molecule has 0 radical (unpaired) electrons. The van der Waals surface area contributed by atoms with Crippen molar-refractivity contribution in [1.29, 1.82) is 0 Å². The quantitative estimate of drug-likeness (QED) is 0.629. The molecule has 2 aliphatic heterocycles. The van der Waals surface area contributed by atoms with Gasteiger partial charge in [-0.15, -0.1) is 0 Å². The van der Waals surface area contributed by atoms with E-state index < -0.39 is 17.4 Å². The average molecular weight is 458 g/mol. The Balaban J connectivity index is 1.60. The van der Waals surface area contributed by atoms with Crippen LogP contribution in [0.25, 0.3) is 10.9 Å². The molecule has 4 rings (SSSR count). The number of carbonyl (C=O) groups is 2. The SMILES string of the molecule is CC[C@@H](C)[C@H](NC(=O)c1cn(CC)c2cc3c(cc2c1=O)OCO3)C(=O)NC[C@@H]1CCCO1. The molecule has 2 aliphatic rings. The van der Waals surface area contributed by atoms with Crippen molar-refractivity contribution in [2.45, 2.75) is 58.7 Å². The van der Waals surface area contributed by atoms with Gasteiger partial charge in [-0.25, -0.2) is 0 Å². The van der Waals surface area contributed by atoms with Crippen LogP contribution in [0, 0.1) is 5.92 Å². The number of hydrogen-bond acceptors (Lipinski definition) is 6. The molecule has 178 valence electrons. The van der Waals surface area contributed by atoms with Gasteiger partial charge in [0.25, 0.3) is 5.91 Å². The summed E-state index contributed by atoms with van der Waals surface area (Å²) in [5.74, 6) is 0.0977. The molecule has 0 saturated carbocycles. The van der Waals surface area contributed by atoms with Crippen molar-refractivity contribution in [2.24, 2.45) is 5.92 Å².